The van der Waals surface area contributed by atoms with E-state index in [2.05, 4.69) is 21.2 Å². The molecule has 0 radical (unpaired) electrons. The van der Waals surface area contributed by atoms with E-state index in [9.17, 15) is 14.7 Å². The van der Waals surface area contributed by atoms with Crippen LogP contribution in [0.2, 0.25) is 0 Å². The summed E-state index contributed by atoms with van der Waals surface area (Å²) >= 11 is 3.36. The van der Waals surface area contributed by atoms with Gasteiger partial charge in [-0.3, -0.25) is 0 Å². The van der Waals surface area contributed by atoms with Crippen LogP contribution < -0.4 is 5.32 Å². The molecule has 0 saturated carbocycles. The smallest absolute Gasteiger partial charge is 0.329 e. The molecule has 5 nitrogen and oxygen atoms in total. The maximum absolute atomic E-state index is 12.3. The third kappa shape index (κ3) is 3.56. The van der Waals surface area contributed by atoms with E-state index in [1.54, 1.807) is 6.92 Å². The number of carbonyl (C=O) groups is 2. The van der Waals surface area contributed by atoms with Crippen LogP contribution in [0.3, 0.4) is 0 Å². The quantitative estimate of drug-likeness (QED) is 0.876. The Morgan fingerprint density at radius 1 is 1.33 bits per heavy atom. The standard InChI is InChI=1S/C15H19BrN2O3/c1-15(13(19)20)8-2-3-9-18(15)14(21)17-10-11-4-6-12(16)7-5-11/h4-7H,2-3,8-10H2,1H3,(H,17,21)(H,19,20). The van der Waals surface area contributed by atoms with Crippen LogP contribution in [-0.2, 0) is 11.3 Å². The van der Waals surface area contributed by atoms with Crippen LogP contribution in [0.5, 0.6) is 0 Å². The van der Waals surface area contributed by atoms with E-state index in [1.807, 2.05) is 24.3 Å². The van der Waals surface area contributed by atoms with Crippen LogP contribution in [-0.4, -0.2) is 34.1 Å². The van der Waals surface area contributed by atoms with Gasteiger partial charge in [0.2, 0.25) is 0 Å². The number of hydrogen-bond donors (Lipinski definition) is 2. The third-order valence-electron chi connectivity index (χ3n) is 3.95. The zero-order valence-electron chi connectivity index (χ0n) is 11.9. The van der Waals surface area contributed by atoms with Crippen LogP contribution >= 0.6 is 15.9 Å². The molecule has 0 spiro atoms. The van der Waals surface area contributed by atoms with Gasteiger partial charge in [-0.15, -0.1) is 0 Å². The fourth-order valence-corrected chi connectivity index (χ4v) is 2.81. The lowest BCUT2D eigenvalue weighted by atomic mass is 9.89. The number of benzene rings is 1. The molecule has 21 heavy (non-hydrogen) atoms. The molecule has 1 aliphatic rings. The van der Waals surface area contributed by atoms with E-state index in [4.69, 9.17) is 0 Å². The molecule has 1 unspecified atom stereocenters. The Morgan fingerprint density at radius 3 is 2.62 bits per heavy atom. The molecule has 2 N–H and O–H groups in total. The van der Waals surface area contributed by atoms with Gasteiger partial charge in [0.1, 0.15) is 5.54 Å². The highest BCUT2D eigenvalue weighted by molar-refractivity contribution is 9.10. The highest BCUT2D eigenvalue weighted by Crippen LogP contribution is 2.28. The Hall–Kier alpha value is -1.56. The van der Waals surface area contributed by atoms with Crippen molar-refractivity contribution in [1.82, 2.24) is 10.2 Å². The second-order valence-electron chi connectivity index (χ2n) is 5.47. The highest BCUT2D eigenvalue weighted by atomic mass is 79.9. The number of halogens is 1. The van der Waals surface area contributed by atoms with Crippen LogP contribution in [0.25, 0.3) is 0 Å². The minimum absolute atomic E-state index is 0.317. The minimum Gasteiger partial charge on any atom is -0.480 e. The maximum Gasteiger partial charge on any atom is 0.329 e. The van der Waals surface area contributed by atoms with Gasteiger partial charge in [-0.1, -0.05) is 28.1 Å². The van der Waals surface area contributed by atoms with Crippen molar-refractivity contribution in [2.24, 2.45) is 0 Å². The number of carboxylic acid groups (broad SMARTS) is 1. The maximum atomic E-state index is 12.3. The summed E-state index contributed by atoms with van der Waals surface area (Å²) in [7, 11) is 0. The van der Waals surface area contributed by atoms with Gasteiger partial charge in [0, 0.05) is 17.6 Å². The monoisotopic (exact) mass is 354 g/mol. The van der Waals surface area contributed by atoms with Crippen molar-refractivity contribution in [3.63, 3.8) is 0 Å². The second kappa shape index (κ2) is 6.47. The number of aliphatic carboxylic acids is 1. The zero-order valence-corrected chi connectivity index (χ0v) is 13.5. The minimum atomic E-state index is -1.11. The van der Waals surface area contributed by atoms with Gasteiger partial charge in [-0.2, -0.15) is 0 Å². The molecule has 114 valence electrons. The first-order valence-corrected chi connectivity index (χ1v) is 7.76. The predicted molar refractivity (Wildman–Crippen MR) is 83.0 cm³/mol. The predicted octanol–water partition coefficient (Wildman–Crippen LogP) is 2.99. The van der Waals surface area contributed by atoms with E-state index in [0.29, 0.717) is 19.5 Å². The number of carboxylic acids is 1. The van der Waals surface area contributed by atoms with E-state index in [1.165, 1.54) is 4.90 Å². The normalized spacial score (nSPS) is 21.9. The SMILES string of the molecule is CC1(C(=O)O)CCCCN1C(=O)NCc1ccc(Br)cc1. The molecule has 1 heterocycles. The van der Waals surface area contributed by atoms with Crippen molar-refractivity contribution >= 4 is 27.9 Å². The Bertz CT molecular complexity index is 532. The van der Waals surface area contributed by atoms with Crippen molar-refractivity contribution in [3.05, 3.63) is 34.3 Å². The lowest BCUT2D eigenvalue weighted by Crippen LogP contribution is -2.59. The largest absolute Gasteiger partial charge is 0.480 e. The summed E-state index contributed by atoms with van der Waals surface area (Å²) in [6.45, 7) is 2.49. The molecule has 1 atom stereocenters. The number of urea groups is 1. The van der Waals surface area contributed by atoms with Crippen molar-refractivity contribution in [2.45, 2.75) is 38.3 Å². The van der Waals surface area contributed by atoms with Crippen molar-refractivity contribution in [1.29, 1.82) is 0 Å². The highest BCUT2D eigenvalue weighted by Gasteiger charge is 2.43. The molecule has 1 aromatic carbocycles. The first kappa shape index (κ1) is 15.8. The molecule has 0 aliphatic carbocycles. The van der Waals surface area contributed by atoms with E-state index in [0.717, 1.165) is 22.9 Å². The zero-order chi connectivity index (χ0) is 15.5. The number of likely N-dealkylation sites (tertiary alicyclic amines) is 1. The van der Waals surface area contributed by atoms with Crippen molar-refractivity contribution in [2.75, 3.05) is 6.54 Å². The summed E-state index contributed by atoms with van der Waals surface area (Å²) in [5, 5.41) is 12.2. The molecular formula is C15H19BrN2O3. The van der Waals surface area contributed by atoms with Crippen LogP contribution in [0, 0.1) is 0 Å². The van der Waals surface area contributed by atoms with Crippen LogP contribution in [0.15, 0.2) is 28.7 Å². The molecule has 1 saturated heterocycles. The van der Waals surface area contributed by atoms with Crippen LogP contribution in [0.4, 0.5) is 4.79 Å². The molecule has 0 bridgehead atoms. The lowest BCUT2D eigenvalue weighted by molar-refractivity contribution is -0.150. The molecule has 1 aliphatic heterocycles. The van der Waals surface area contributed by atoms with Crippen LogP contribution in [0.1, 0.15) is 31.7 Å². The fraction of sp³-hybridized carbons (Fsp3) is 0.467. The summed E-state index contributed by atoms with van der Waals surface area (Å²) < 4.78 is 0.979. The van der Waals surface area contributed by atoms with Gasteiger partial charge in [-0.05, 0) is 43.9 Å². The third-order valence-corrected chi connectivity index (χ3v) is 4.48. The van der Waals surface area contributed by atoms with Gasteiger partial charge < -0.3 is 15.3 Å². The average Bonchev–Trinajstić information content (AvgIpc) is 2.46. The van der Waals surface area contributed by atoms with E-state index in [-0.39, 0.29) is 6.03 Å². The van der Waals surface area contributed by atoms with Crippen molar-refractivity contribution < 1.29 is 14.7 Å². The number of piperidine rings is 1. The summed E-state index contributed by atoms with van der Waals surface area (Å²) in [4.78, 5) is 25.2. The first-order chi connectivity index (χ1) is 9.93. The topological polar surface area (TPSA) is 69.6 Å². The van der Waals surface area contributed by atoms with Gasteiger partial charge in [-0.25, -0.2) is 9.59 Å². The Kier molecular flexibility index (Phi) is 4.88. The van der Waals surface area contributed by atoms with E-state index >= 15 is 0 Å². The number of nitrogens with one attached hydrogen (secondary N) is 1. The Balaban J connectivity index is 2.01. The van der Waals surface area contributed by atoms with Gasteiger partial charge in [0.25, 0.3) is 0 Å². The average molecular weight is 355 g/mol. The second-order valence-corrected chi connectivity index (χ2v) is 6.39. The van der Waals surface area contributed by atoms with Crippen molar-refractivity contribution in [3.8, 4) is 0 Å². The summed E-state index contributed by atoms with van der Waals surface area (Å²) in [5.41, 5.74) is -0.136. The molecule has 1 fully saturated rings. The molecule has 2 rings (SSSR count). The fourth-order valence-electron chi connectivity index (χ4n) is 2.54. The summed E-state index contributed by atoms with van der Waals surface area (Å²) in [5.74, 6) is -0.944. The number of amides is 2. The Morgan fingerprint density at radius 2 is 2.00 bits per heavy atom. The van der Waals surface area contributed by atoms with Gasteiger partial charge in [0.15, 0.2) is 0 Å². The number of hydrogen-bond acceptors (Lipinski definition) is 2. The molecule has 6 heteroatoms. The summed E-state index contributed by atoms with van der Waals surface area (Å²) in [6, 6.07) is 7.32. The van der Waals surface area contributed by atoms with Gasteiger partial charge in [0.05, 0.1) is 0 Å². The number of carbonyl (C=O) groups excluding carboxylic acids is 1. The molecule has 1 aromatic rings. The number of nitrogens with zero attached hydrogens (tertiary/aromatic N) is 1. The molecule has 2 amide bonds. The Labute approximate surface area is 132 Å². The van der Waals surface area contributed by atoms with Gasteiger partial charge >= 0.3 is 12.0 Å². The lowest BCUT2D eigenvalue weighted by Gasteiger charge is -2.41. The first-order valence-electron chi connectivity index (χ1n) is 6.97. The number of rotatable bonds is 3. The van der Waals surface area contributed by atoms with E-state index < -0.39 is 11.5 Å². The molecule has 0 aromatic heterocycles. The molecular weight excluding hydrogens is 336 g/mol. The summed E-state index contributed by atoms with van der Waals surface area (Å²) in [6.07, 6.45) is 2.17.